The fourth-order valence-corrected chi connectivity index (χ4v) is 2.23. The van der Waals surface area contributed by atoms with Gasteiger partial charge in [-0.2, -0.15) is 0 Å². The first-order valence-corrected chi connectivity index (χ1v) is 6.09. The molecule has 0 spiro atoms. The molecule has 1 atom stereocenters. The Kier molecular flexibility index (Phi) is 4.11. The molecule has 1 unspecified atom stereocenters. The van der Waals surface area contributed by atoms with Crippen molar-refractivity contribution in [3.05, 3.63) is 23.9 Å². The molecule has 2 rings (SSSR count). The second-order valence-electron chi connectivity index (χ2n) is 4.67. The number of nitrogens with two attached hydrogens (primary N) is 1. The van der Waals surface area contributed by atoms with E-state index in [1.165, 1.54) is 0 Å². The average molecular weight is 249 g/mol. The lowest BCUT2D eigenvalue weighted by Gasteiger charge is -2.12. The van der Waals surface area contributed by atoms with Gasteiger partial charge in [0.2, 0.25) is 0 Å². The molecule has 0 aromatic carbocycles. The van der Waals surface area contributed by atoms with Crippen LogP contribution in [0.15, 0.2) is 18.3 Å². The zero-order valence-electron chi connectivity index (χ0n) is 10.5. The molecule has 1 aromatic heterocycles. The van der Waals surface area contributed by atoms with Crippen LogP contribution in [0.4, 0.5) is 5.82 Å². The van der Waals surface area contributed by atoms with Gasteiger partial charge in [-0.05, 0) is 38.1 Å². The molecule has 0 radical (unpaired) electrons. The lowest BCUT2D eigenvalue weighted by Crippen LogP contribution is -2.31. The minimum absolute atomic E-state index is 0.134. The van der Waals surface area contributed by atoms with Gasteiger partial charge in [0.15, 0.2) is 5.82 Å². The Morgan fingerprint density at radius 1 is 1.67 bits per heavy atom. The van der Waals surface area contributed by atoms with Crippen molar-refractivity contribution in [2.45, 2.75) is 6.42 Å². The monoisotopic (exact) mass is 249 g/mol. The fraction of sp³-hybridized carbons (Fsp3) is 0.500. The quantitative estimate of drug-likeness (QED) is 0.519. The number of hydrogen-bond acceptors (Lipinski definition) is 5. The molecule has 6 nitrogen and oxygen atoms in total. The Labute approximate surface area is 107 Å². The van der Waals surface area contributed by atoms with Gasteiger partial charge in [0.05, 0.1) is 5.56 Å². The number of nitrogens with zero attached hydrogens (tertiary/aromatic N) is 2. The van der Waals surface area contributed by atoms with Gasteiger partial charge in [-0.3, -0.25) is 4.79 Å². The Hall–Kier alpha value is -1.66. The van der Waals surface area contributed by atoms with E-state index in [0.29, 0.717) is 23.8 Å². The number of carbonyl (C=O) groups excluding carboxylic acids is 1. The van der Waals surface area contributed by atoms with Gasteiger partial charge >= 0.3 is 0 Å². The van der Waals surface area contributed by atoms with Gasteiger partial charge in [0, 0.05) is 19.3 Å². The molecule has 1 saturated heterocycles. The fourth-order valence-electron chi connectivity index (χ4n) is 2.23. The number of hydrazine groups is 1. The predicted molar refractivity (Wildman–Crippen MR) is 70.0 cm³/mol. The van der Waals surface area contributed by atoms with E-state index < -0.39 is 0 Å². The molecule has 18 heavy (non-hydrogen) atoms. The van der Waals surface area contributed by atoms with Crippen molar-refractivity contribution < 1.29 is 4.79 Å². The summed E-state index contributed by atoms with van der Waals surface area (Å²) in [4.78, 5) is 18.3. The summed E-state index contributed by atoms with van der Waals surface area (Å²) in [6.45, 7) is 2.83. The number of hydrogen-bond donors (Lipinski definition) is 3. The minimum atomic E-state index is -0.134. The smallest absolute Gasteiger partial charge is 0.255 e. The van der Waals surface area contributed by atoms with Crippen molar-refractivity contribution in [3.63, 3.8) is 0 Å². The summed E-state index contributed by atoms with van der Waals surface area (Å²) in [5.74, 6) is 6.13. The topological polar surface area (TPSA) is 83.3 Å². The van der Waals surface area contributed by atoms with Crippen molar-refractivity contribution in [3.8, 4) is 0 Å². The number of carbonyl (C=O) groups is 1. The molecule has 1 aromatic rings. The van der Waals surface area contributed by atoms with Crippen molar-refractivity contribution in [1.82, 2.24) is 15.2 Å². The highest BCUT2D eigenvalue weighted by Gasteiger charge is 2.20. The van der Waals surface area contributed by atoms with E-state index in [4.69, 9.17) is 5.84 Å². The van der Waals surface area contributed by atoms with Crippen LogP contribution in [0.1, 0.15) is 16.8 Å². The van der Waals surface area contributed by atoms with Gasteiger partial charge in [0.1, 0.15) is 0 Å². The molecule has 6 heteroatoms. The molecule has 1 amide bonds. The molecule has 2 heterocycles. The molecule has 1 aliphatic heterocycles. The van der Waals surface area contributed by atoms with Crippen LogP contribution >= 0.6 is 0 Å². The van der Waals surface area contributed by atoms with Crippen LogP contribution < -0.4 is 16.6 Å². The number of pyridine rings is 1. The van der Waals surface area contributed by atoms with Crippen LogP contribution in [0.5, 0.6) is 0 Å². The normalized spacial score (nSPS) is 19.8. The summed E-state index contributed by atoms with van der Waals surface area (Å²) >= 11 is 0. The molecule has 4 N–H and O–H groups in total. The summed E-state index contributed by atoms with van der Waals surface area (Å²) in [6, 6.07) is 3.43. The average Bonchev–Trinajstić information content (AvgIpc) is 2.81. The van der Waals surface area contributed by atoms with Crippen LogP contribution in [0.25, 0.3) is 0 Å². The Balaban J connectivity index is 1.91. The number of nitrogen functional groups attached to an aromatic ring is 1. The maximum absolute atomic E-state index is 12.0. The third-order valence-electron chi connectivity index (χ3n) is 3.23. The summed E-state index contributed by atoms with van der Waals surface area (Å²) in [5, 5.41) is 2.94. The van der Waals surface area contributed by atoms with Gasteiger partial charge in [-0.1, -0.05) is 0 Å². The van der Waals surface area contributed by atoms with Crippen LogP contribution in [0.2, 0.25) is 0 Å². The number of likely N-dealkylation sites (tertiary alicyclic amines) is 1. The Bertz CT molecular complexity index is 423. The van der Waals surface area contributed by atoms with Crippen LogP contribution in [-0.4, -0.2) is 42.5 Å². The largest absolute Gasteiger partial charge is 0.352 e. The highest BCUT2D eigenvalue weighted by molar-refractivity contribution is 5.98. The number of rotatable bonds is 4. The number of aromatic nitrogens is 1. The van der Waals surface area contributed by atoms with E-state index in [1.54, 1.807) is 18.3 Å². The minimum Gasteiger partial charge on any atom is -0.352 e. The van der Waals surface area contributed by atoms with Crippen molar-refractivity contribution in [2.24, 2.45) is 11.8 Å². The summed E-state index contributed by atoms with van der Waals surface area (Å²) in [7, 11) is 2.10. The number of amides is 1. The Morgan fingerprint density at radius 3 is 3.17 bits per heavy atom. The van der Waals surface area contributed by atoms with Crippen molar-refractivity contribution in [2.75, 3.05) is 32.1 Å². The molecular formula is C12H19N5O. The standard InChI is InChI=1S/C12H19N5O/c1-17-6-4-9(8-17)7-15-12(18)10-3-2-5-14-11(10)16-13/h2-3,5,9H,4,6-8,13H2,1H3,(H,14,16)(H,15,18). The van der Waals surface area contributed by atoms with E-state index in [1.807, 2.05) is 0 Å². The second kappa shape index (κ2) is 5.79. The van der Waals surface area contributed by atoms with Crippen molar-refractivity contribution in [1.29, 1.82) is 0 Å². The summed E-state index contributed by atoms with van der Waals surface area (Å²) in [5.41, 5.74) is 2.91. The highest BCUT2D eigenvalue weighted by Crippen LogP contribution is 2.14. The first-order chi connectivity index (χ1) is 8.70. The van der Waals surface area contributed by atoms with Crippen LogP contribution in [0, 0.1) is 5.92 Å². The number of nitrogens with one attached hydrogen (secondary N) is 2. The van der Waals surface area contributed by atoms with Crippen molar-refractivity contribution >= 4 is 11.7 Å². The number of anilines is 1. The Morgan fingerprint density at radius 2 is 2.50 bits per heavy atom. The zero-order valence-corrected chi connectivity index (χ0v) is 10.5. The maximum atomic E-state index is 12.0. The summed E-state index contributed by atoms with van der Waals surface area (Å²) in [6.07, 6.45) is 2.73. The first-order valence-electron chi connectivity index (χ1n) is 6.09. The highest BCUT2D eigenvalue weighted by atomic mass is 16.1. The summed E-state index contributed by atoms with van der Waals surface area (Å²) < 4.78 is 0. The molecule has 98 valence electrons. The molecule has 0 bridgehead atoms. The van der Waals surface area contributed by atoms with E-state index in [-0.39, 0.29) is 5.91 Å². The van der Waals surface area contributed by atoms with Crippen LogP contribution in [-0.2, 0) is 0 Å². The second-order valence-corrected chi connectivity index (χ2v) is 4.67. The lowest BCUT2D eigenvalue weighted by atomic mass is 10.1. The van der Waals surface area contributed by atoms with Crippen LogP contribution in [0.3, 0.4) is 0 Å². The van der Waals surface area contributed by atoms with Gasteiger partial charge in [0.25, 0.3) is 5.91 Å². The lowest BCUT2D eigenvalue weighted by molar-refractivity contribution is 0.0948. The van der Waals surface area contributed by atoms with Gasteiger partial charge in [-0.15, -0.1) is 0 Å². The van der Waals surface area contributed by atoms with E-state index in [2.05, 4.69) is 27.7 Å². The molecule has 0 saturated carbocycles. The van der Waals surface area contributed by atoms with Gasteiger partial charge in [-0.25, -0.2) is 10.8 Å². The zero-order chi connectivity index (χ0) is 13.0. The predicted octanol–water partition coefficient (Wildman–Crippen LogP) is 0.0487. The van der Waals surface area contributed by atoms with E-state index in [0.717, 1.165) is 19.5 Å². The maximum Gasteiger partial charge on any atom is 0.255 e. The van der Waals surface area contributed by atoms with E-state index in [9.17, 15) is 4.79 Å². The third kappa shape index (κ3) is 2.96. The van der Waals surface area contributed by atoms with E-state index >= 15 is 0 Å². The first kappa shape index (κ1) is 12.8. The molecule has 1 aliphatic rings. The molecule has 1 fully saturated rings. The SMILES string of the molecule is CN1CCC(CNC(=O)c2cccnc2NN)C1. The molecular weight excluding hydrogens is 230 g/mol. The third-order valence-corrected chi connectivity index (χ3v) is 3.23. The molecule has 0 aliphatic carbocycles. The van der Waals surface area contributed by atoms with Gasteiger partial charge < -0.3 is 15.6 Å².